The highest BCUT2D eigenvalue weighted by Gasteiger charge is 2.18. The zero-order valence-electron chi connectivity index (χ0n) is 10.4. The lowest BCUT2D eigenvalue weighted by Crippen LogP contribution is -2.22. The molecule has 1 aromatic heterocycles. The lowest BCUT2D eigenvalue weighted by atomic mass is 10.1. The highest BCUT2D eigenvalue weighted by molar-refractivity contribution is 5.20. The third-order valence-corrected chi connectivity index (χ3v) is 2.97. The molecule has 1 heterocycles. The summed E-state index contributed by atoms with van der Waals surface area (Å²) in [6.45, 7) is 3.80. The van der Waals surface area contributed by atoms with Crippen molar-refractivity contribution in [3.63, 3.8) is 0 Å². The van der Waals surface area contributed by atoms with Gasteiger partial charge in [-0.05, 0) is 18.6 Å². The first-order valence-corrected chi connectivity index (χ1v) is 5.89. The SMILES string of the molecule is CC(N)C(C)c1nc(Cc2ccccc2F)no1. The molecule has 2 atom stereocenters. The Hall–Kier alpha value is -1.75. The van der Waals surface area contributed by atoms with Crippen molar-refractivity contribution in [3.05, 3.63) is 47.4 Å². The van der Waals surface area contributed by atoms with E-state index in [0.29, 0.717) is 23.7 Å². The van der Waals surface area contributed by atoms with E-state index in [2.05, 4.69) is 10.1 Å². The Morgan fingerprint density at radius 2 is 2.06 bits per heavy atom. The van der Waals surface area contributed by atoms with Crippen molar-refractivity contribution in [3.8, 4) is 0 Å². The Morgan fingerprint density at radius 3 is 2.72 bits per heavy atom. The molecule has 2 aromatic rings. The van der Waals surface area contributed by atoms with Crippen molar-refractivity contribution in [2.75, 3.05) is 0 Å². The molecule has 2 rings (SSSR count). The van der Waals surface area contributed by atoms with Gasteiger partial charge in [0.05, 0.1) is 5.92 Å². The lowest BCUT2D eigenvalue weighted by Gasteiger charge is -2.09. The standard InChI is InChI=1S/C13H16FN3O/c1-8(9(2)15)13-16-12(17-18-13)7-10-5-3-4-6-11(10)14/h3-6,8-9H,7,15H2,1-2H3. The molecular formula is C13H16FN3O. The number of aromatic nitrogens is 2. The summed E-state index contributed by atoms with van der Waals surface area (Å²) in [6, 6.07) is 6.50. The molecule has 0 aliphatic carbocycles. The maximum atomic E-state index is 13.5. The predicted molar refractivity (Wildman–Crippen MR) is 65.6 cm³/mol. The number of nitrogens with two attached hydrogens (primary N) is 1. The van der Waals surface area contributed by atoms with E-state index >= 15 is 0 Å². The van der Waals surface area contributed by atoms with Gasteiger partial charge in [-0.25, -0.2) is 4.39 Å². The lowest BCUT2D eigenvalue weighted by molar-refractivity contribution is 0.343. The Morgan fingerprint density at radius 1 is 1.33 bits per heavy atom. The maximum Gasteiger partial charge on any atom is 0.231 e. The predicted octanol–water partition coefficient (Wildman–Crippen LogP) is 2.25. The van der Waals surface area contributed by atoms with Crippen LogP contribution in [0, 0.1) is 5.82 Å². The van der Waals surface area contributed by atoms with Gasteiger partial charge in [-0.3, -0.25) is 0 Å². The van der Waals surface area contributed by atoms with E-state index in [-0.39, 0.29) is 17.8 Å². The molecular weight excluding hydrogens is 233 g/mol. The van der Waals surface area contributed by atoms with Crippen LogP contribution >= 0.6 is 0 Å². The molecule has 0 radical (unpaired) electrons. The fraction of sp³-hybridized carbons (Fsp3) is 0.385. The summed E-state index contributed by atoms with van der Waals surface area (Å²) in [5.41, 5.74) is 6.32. The molecule has 0 bridgehead atoms. The molecule has 0 aliphatic heterocycles. The summed E-state index contributed by atoms with van der Waals surface area (Å²) >= 11 is 0. The Labute approximate surface area is 105 Å². The second-order valence-electron chi connectivity index (χ2n) is 4.46. The molecule has 5 heteroatoms. The molecule has 18 heavy (non-hydrogen) atoms. The van der Waals surface area contributed by atoms with Gasteiger partial charge in [0.2, 0.25) is 5.89 Å². The zero-order valence-corrected chi connectivity index (χ0v) is 10.4. The van der Waals surface area contributed by atoms with Crippen LogP contribution in [0.1, 0.15) is 37.0 Å². The summed E-state index contributed by atoms with van der Waals surface area (Å²) in [6.07, 6.45) is 0.321. The van der Waals surface area contributed by atoms with Crippen molar-refractivity contribution in [2.24, 2.45) is 5.73 Å². The van der Waals surface area contributed by atoms with Crippen molar-refractivity contribution < 1.29 is 8.91 Å². The van der Waals surface area contributed by atoms with E-state index in [1.165, 1.54) is 6.07 Å². The maximum absolute atomic E-state index is 13.5. The molecule has 0 saturated carbocycles. The summed E-state index contributed by atoms with van der Waals surface area (Å²) in [5.74, 6) is 0.704. The third kappa shape index (κ3) is 2.73. The van der Waals surface area contributed by atoms with Gasteiger partial charge < -0.3 is 10.3 Å². The van der Waals surface area contributed by atoms with Gasteiger partial charge in [0.15, 0.2) is 5.82 Å². The largest absolute Gasteiger partial charge is 0.339 e. The first kappa shape index (κ1) is 12.7. The second-order valence-corrected chi connectivity index (χ2v) is 4.46. The van der Waals surface area contributed by atoms with Gasteiger partial charge >= 0.3 is 0 Å². The minimum Gasteiger partial charge on any atom is -0.339 e. The van der Waals surface area contributed by atoms with Gasteiger partial charge in [0.1, 0.15) is 5.82 Å². The Balaban J connectivity index is 2.14. The van der Waals surface area contributed by atoms with Gasteiger partial charge in [-0.15, -0.1) is 0 Å². The van der Waals surface area contributed by atoms with E-state index in [0.717, 1.165) is 0 Å². The number of halogens is 1. The second kappa shape index (κ2) is 5.27. The number of benzene rings is 1. The fourth-order valence-corrected chi connectivity index (χ4v) is 1.56. The zero-order chi connectivity index (χ0) is 13.1. The first-order chi connectivity index (χ1) is 8.58. The average Bonchev–Trinajstić information content (AvgIpc) is 2.79. The highest BCUT2D eigenvalue weighted by atomic mass is 19.1. The van der Waals surface area contributed by atoms with Crippen LogP contribution in [0.5, 0.6) is 0 Å². The molecule has 1 aromatic carbocycles. The quantitative estimate of drug-likeness (QED) is 0.902. The van der Waals surface area contributed by atoms with Crippen LogP contribution in [-0.4, -0.2) is 16.2 Å². The monoisotopic (exact) mass is 249 g/mol. The molecule has 0 amide bonds. The molecule has 2 unspecified atom stereocenters. The van der Waals surface area contributed by atoms with Gasteiger partial charge in [-0.1, -0.05) is 30.3 Å². The molecule has 96 valence electrons. The molecule has 0 saturated heterocycles. The number of nitrogens with zero attached hydrogens (tertiary/aromatic N) is 2. The molecule has 2 N–H and O–H groups in total. The number of hydrogen-bond acceptors (Lipinski definition) is 4. The fourth-order valence-electron chi connectivity index (χ4n) is 1.56. The summed E-state index contributed by atoms with van der Waals surface area (Å²) < 4.78 is 18.6. The minimum atomic E-state index is -0.260. The van der Waals surface area contributed by atoms with Crippen LogP contribution < -0.4 is 5.73 Å². The molecule has 4 nitrogen and oxygen atoms in total. The topological polar surface area (TPSA) is 64.9 Å². The van der Waals surface area contributed by atoms with Gasteiger partial charge in [0, 0.05) is 12.5 Å². The van der Waals surface area contributed by atoms with Crippen molar-refractivity contribution in [1.29, 1.82) is 0 Å². The number of hydrogen-bond donors (Lipinski definition) is 1. The third-order valence-electron chi connectivity index (χ3n) is 2.97. The highest BCUT2D eigenvalue weighted by Crippen LogP contribution is 2.17. The molecule has 0 aliphatic rings. The summed E-state index contributed by atoms with van der Waals surface area (Å²) in [7, 11) is 0. The van der Waals surface area contributed by atoms with Crippen LogP contribution in [0.2, 0.25) is 0 Å². The van der Waals surface area contributed by atoms with Crippen LogP contribution in [0.4, 0.5) is 4.39 Å². The minimum absolute atomic E-state index is 0.00753. The molecule has 0 fully saturated rings. The van der Waals surface area contributed by atoms with E-state index in [9.17, 15) is 4.39 Å². The van der Waals surface area contributed by atoms with Crippen LogP contribution in [0.15, 0.2) is 28.8 Å². The van der Waals surface area contributed by atoms with Crippen molar-refractivity contribution in [1.82, 2.24) is 10.1 Å². The first-order valence-electron chi connectivity index (χ1n) is 5.89. The van der Waals surface area contributed by atoms with Crippen molar-refractivity contribution in [2.45, 2.75) is 32.2 Å². The van der Waals surface area contributed by atoms with E-state index in [4.69, 9.17) is 10.3 Å². The van der Waals surface area contributed by atoms with E-state index in [1.54, 1.807) is 18.2 Å². The van der Waals surface area contributed by atoms with Crippen LogP contribution in [0.3, 0.4) is 0 Å². The number of rotatable bonds is 4. The van der Waals surface area contributed by atoms with E-state index in [1.807, 2.05) is 13.8 Å². The average molecular weight is 249 g/mol. The van der Waals surface area contributed by atoms with Crippen LogP contribution in [0.25, 0.3) is 0 Å². The van der Waals surface area contributed by atoms with E-state index < -0.39 is 0 Å². The Kier molecular flexibility index (Phi) is 3.72. The molecule has 0 spiro atoms. The summed E-state index contributed by atoms with van der Waals surface area (Å²) in [5, 5.41) is 3.85. The van der Waals surface area contributed by atoms with Gasteiger partial charge in [-0.2, -0.15) is 4.98 Å². The van der Waals surface area contributed by atoms with Gasteiger partial charge in [0.25, 0.3) is 0 Å². The van der Waals surface area contributed by atoms with Crippen molar-refractivity contribution >= 4 is 0 Å². The smallest absolute Gasteiger partial charge is 0.231 e. The van der Waals surface area contributed by atoms with Crippen LogP contribution in [-0.2, 0) is 6.42 Å². The normalized spacial score (nSPS) is 14.4. The Bertz CT molecular complexity index is 524. The summed E-state index contributed by atoms with van der Waals surface area (Å²) in [4.78, 5) is 4.24.